The topological polar surface area (TPSA) is 35.2 Å². The van der Waals surface area contributed by atoms with Crippen molar-refractivity contribution in [2.75, 3.05) is 0 Å². The van der Waals surface area contributed by atoms with Crippen LogP contribution in [0.3, 0.4) is 0 Å². The maximum atomic E-state index is 6.54. The number of fused-ring (bicyclic) bond motifs is 2. The standard InChI is InChI=1S/C19H17NO/c20-19(14-8-9-15-11-21-12-16(15)10-14)18-7-3-5-13-4-1-2-6-17(13)18/h1-10,19H,11-12,20H2. The van der Waals surface area contributed by atoms with Crippen LogP contribution in [0.25, 0.3) is 10.8 Å². The Morgan fingerprint density at radius 2 is 1.67 bits per heavy atom. The van der Waals surface area contributed by atoms with Crippen molar-refractivity contribution in [1.29, 1.82) is 0 Å². The third-order valence-electron chi connectivity index (χ3n) is 4.26. The van der Waals surface area contributed by atoms with Crippen LogP contribution in [0.2, 0.25) is 0 Å². The predicted octanol–water partition coefficient (Wildman–Crippen LogP) is 3.92. The average Bonchev–Trinajstić information content (AvgIpc) is 3.01. The first-order valence-electron chi connectivity index (χ1n) is 7.25. The molecule has 0 aromatic heterocycles. The van der Waals surface area contributed by atoms with E-state index in [0.717, 1.165) is 12.2 Å². The summed E-state index contributed by atoms with van der Waals surface area (Å²) in [5.41, 5.74) is 11.4. The molecule has 0 spiro atoms. The second-order valence-corrected chi connectivity index (χ2v) is 5.57. The van der Waals surface area contributed by atoms with Crippen molar-refractivity contribution >= 4 is 10.8 Å². The highest BCUT2D eigenvalue weighted by Gasteiger charge is 2.16. The molecule has 0 amide bonds. The number of benzene rings is 3. The number of rotatable bonds is 2. The van der Waals surface area contributed by atoms with Crippen molar-refractivity contribution in [3.8, 4) is 0 Å². The van der Waals surface area contributed by atoms with Gasteiger partial charge in [0, 0.05) is 0 Å². The fourth-order valence-electron chi connectivity index (χ4n) is 3.09. The van der Waals surface area contributed by atoms with Crippen LogP contribution in [0.15, 0.2) is 60.7 Å². The molecular formula is C19H17NO. The van der Waals surface area contributed by atoms with Crippen LogP contribution in [-0.4, -0.2) is 0 Å². The molecular weight excluding hydrogens is 258 g/mol. The highest BCUT2D eigenvalue weighted by atomic mass is 16.5. The van der Waals surface area contributed by atoms with E-state index in [9.17, 15) is 0 Å². The van der Waals surface area contributed by atoms with Gasteiger partial charge in [0.2, 0.25) is 0 Å². The lowest BCUT2D eigenvalue weighted by atomic mass is 9.93. The van der Waals surface area contributed by atoms with Gasteiger partial charge in [-0.25, -0.2) is 0 Å². The minimum atomic E-state index is -0.109. The van der Waals surface area contributed by atoms with E-state index in [-0.39, 0.29) is 6.04 Å². The molecule has 0 aliphatic carbocycles. The summed E-state index contributed by atoms with van der Waals surface area (Å²) in [4.78, 5) is 0. The van der Waals surface area contributed by atoms with Gasteiger partial charge in [0.05, 0.1) is 19.3 Å². The highest BCUT2D eigenvalue weighted by molar-refractivity contribution is 5.86. The third-order valence-corrected chi connectivity index (χ3v) is 4.26. The molecule has 104 valence electrons. The van der Waals surface area contributed by atoms with E-state index >= 15 is 0 Å². The summed E-state index contributed by atoms with van der Waals surface area (Å²) in [6.45, 7) is 1.42. The Labute approximate surface area is 124 Å². The molecule has 1 atom stereocenters. The number of nitrogens with two attached hydrogens (primary N) is 1. The first-order valence-corrected chi connectivity index (χ1v) is 7.25. The summed E-state index contributed by atoms with van der Waals surface area (Å²) in [5.74, 6) is 0. The molecule has 21 heavy (non-hydrogen) atoms. The van der Waals surface area contributed by atoms with Gasteiger partial charge >= 0.3 is 0 Å². The molecule has 0 radical (unpaired) electrons. The van der Waals surface area contributed by atoms with E-state index in [1.165, 1.54) is 27.5 Å². The molecule has 1 aliphatic rings. The second-order valence-electron chi connectivity index (χ2n) is 5.57. The quantitative estimate of drug-likeness (QED) is 0.769. The van der Waals surface area contributed by atoms with Gasteiger partial charge in [0.25, 0.3) is 0 Å². The largest absolute Gasteiger partial charge is 0.372 e. The average molecular weight is 275 g/mol. The molecule has 3 aromatic rings. The van der Waals surface area contributed by atoms with Crippen molar-refractivity contribution in [3.05, 3.63) is 82.9 Å². The molecule has 0 bridgehead atoms. The number of hydrogen-bond donors (Lipinski definition) is 1. The molecule has 1 aliphatic heterocycles. The van der Waals surface area contributed by atoms with Crippen molar-refractivity contribution < 1.29 is 4.74 Å². The highest BCUT2D eigenvalue weighted by Crippen LogP contribution is 2.30. The molecule has 1 unspecified atom stereocenters. The van der Waals surface area contributed by atoms with Gasteiger partial charge in [-0.2, -0.15) is 0 Å². The number of hydrogen-bond acceptors (Lipinski definition) is 2. The third kappa shape index (κ3) is 2.13. The lowest BCUT2D eigenvalue weighted by molar-refractivity contribution is 0.134. The summed E-state index contributed by atoms with van der Waals surface area (Å²) in [6.07, 6.45) is 0. The van der Waals surface area contributed by atoms with E-state index in [1.54, 1.807) is 0 Å². The van der Waals surface area contributed by atoms with Crippen molar-refractivity contribution in [3.63, 3.8) is 0 Å². The maximum Gasteiger partial charge on any atom is 0.0725 e. The fraction of sp³-hybridized carbons (Fsp3) is 0.158. The minimum absolute atomic E-state index is 0.109. The first-order chi connectivity index (χ1) is 10.3. The van der Waals surface area contributed by atoms with Crippen LogP contribution in [-0.2, 0) is 18.0 Å². The van der Waals surface area contributed by atoms with Crippen molar-refractivity contribution in [2.24, 2.45) is 5.73 Å². The Hall–Kier alpha value is -2.16. The SMILES string of the molecule is NC(c1ccc2c(c1)COC2)c1cccc2ccccc12. The molecule has 2 nitrogen and oxygen atoms in total. The van der Waals surface area contributed by atoms with Gasteiger partial charge < -0.3 is 10.5 Å². The van der Waals surface area contributed by atoms with Crippen molar-refractivity contribution in [2.45, 2.75) is 19.3 Å². The Kier molecular flexibility index (Phi) is 2.99. The maximum absolute atomic E-state index is 6.54. The summed E-state index contributed by atoms with van der Waals surface area (Å²) in [7, 11) is 0. The lowest BCUT2D eigenvalue weighted by Crippen LogP contribution is -2.12. The smallest absolute Gasteiger partial charge is 0.0725 e. The fourth-order valence-corrected chi connectivity index (χ4v) is 3.09. The molecule has 4 rings (SSSR count). The van der Waals surface area contributed by atoms with Gasteiger partial charge in [-0.15, -0.1) is 0 Å². The summed E-state index contributed by atoms with van der Waals surface area (Å²) < 4.78 is 5.48. The number of ether oxygens (including phenoxy) is 1. The summed E-state index contributed by atoms with van der Waals surface area (Å²) in [6, 6.07) is 21.1. The zero-order valence-corrected chi connectivity index (χ0v) is 11.8. The van der Waals surface area contributed by atoms with Crippen LogP contribution in [0, 0.1) is 0 Å². The zero-order valence-electron chi connectivity index (χ0n) is 11.8. The normalized spacial score (nSPS) is 15.1. The van der Waals surface area contributed by atoms with Crippen LogP contribution in [0.4, 0.5) is 0 Å². The van der Waals surface area contributed by atoms with E-state index in [0.29, 0.717) is 6.61 Å². The van der Waals surface area contributed by atoms with Crippen LogP contribution in [0.5, 0.6) is 0 Å². The molecule has 0 saturated carbocycles. The predicted molar refractivity (Wildman–Crippen MR) is 84.9 cm³/mol. The molecule has 2 heteroatoms. The monoisotopic (exact) mass is 275 g/mol. The second kappa shape index (κ2) is 4.99. The van der Waals surface area contributed by atoms with Crippen molar-refractivity contribution in [1.82, 2.24) is 0 Å². The van der Waals surface area contributed by atoms with E-state index in [1.807, 2.05) is 0 Å². The Morgan fingerprint density at radius 1 is 0.857 bits per heavy atom. The Morgan fingerprint density at radius 3 is 2.62 bits per heavy atom. The molecule has 3 aromatic carbocycles. The van der Waals surface area contributed by atoms with Gasteiger partial charge in [0.15, 0.2) is 0 Å². The minimum Gasteiger partial charge on any atom is -0.372 e. The lowest BCUT2D eigenvalue weighted by Gasteiger charge is -2.16. The molecule has 2 N–H and O–H groups in total. The van der Waals surface area contributed by atoms with Gasteiger partial charge in [0.1, 0.15) is 0 Å². The van der Waals surface area contributed by atoms with Crippen LogP contribution in [0.1, 0.15) is 28.3 Å². The molecule has 1 heterocycles. The Balaban J connectivity index is 1.81. The Bertz CT molecular complexity index is 804. The van der Waals surface area contributed by atoms with Gasteiger partial charge in [-0.1, -0.05) is 60.7 Å². The van der Waals surface area contributed by atoms with Crippen LogP contribution < -0.4 is 5.73 Å². The van der Waals surface area contributed by atoms with E-state index in [4.69, 9.17) is 10.5 Å². The molecule has 0 saturated heterocycles. The van der Waals surface area contributed by atoms with Gasteiger partial charge in [-0.05, 0) is 33.0 Å². The molecule has 0 fully saturated rings. The summed E-state index contributed by atoms with van der Waals surface area (Å²) in [5, 5.41) is 2.46. The van der Waals surface area contributed by atoms with Gasteiger partial charge in [-0.3, -0.25) is 0 Å². The first kappa shape index (κ1) is 12.6. The zero-order chi connectivity index (χ0) is 14.2. The van der Waals surface area contributed by atoms with E-state index in [2.05, 4.69) is 60.7 Å². The van der Waals surface area contributed by atoms with Crippen LogP contribution >= 0.6 is 0 Å². The summed E-state index contributed by atoms with van der Waals surface area (Å²) >= 11 is 0. The van der Waals surface area contributed by atoms with E-state index < -0.39 is 0 Å².